The van der Waals surface area contributed by atoms with Gasteiger partial charge in [-0.3, -0.25) is 4.57 Å². The van der Waals surface area contributed by atoms with Gasteiger partial charge in [-0.15, -0.1) is 0 Å². The SMILES string of the molecule is CC#Cc1nc([N+](=O)[O-])c(CN(C)CC)n1C. The number of imidazole rings is 1. The van der Waals surface area contributed by atoms with Crippen molar-refractivity contribution in [3.8, 4) is 11.8 Å². The van der Waals surface area contributed by atoms with Gasteiger partial charge in [-0.2, -0.15) is 0 Å². The fraction of sp³-hybridized carbons (Fsp3) is 0.545. The van der Waals surface area contributed by atoms with Crippen LogP contribution in [0, 0.1) is 22.0 Å². The van der Waals surface area contributed by atoms with Crippen LogP contribution in [0.5, 0.6) is 0 Å². The molecular formula is C11H16N4O2. The molecular weight excluding hydrogens is 220 g/mol. The molecule has 0 aromatic carbocycles. The lowest BCUT2D eigenvalue weighted by Gasteiger charge is -2.13. The highest BCUT2D eigenvalue weighted by molar-refractivity contribution is 5.36. The van der Waals surface area contributed by atoms with E-state index in [2.05, 4.69) is 16.8 Å². The molecule has 1 rings (SSSR count). The molecule has 0 aliphatic rings. The molecule has 0 saturated heterocycles. The second-order valence-corrected chi connectivity index (χ2v) is 3.73. The number of rotatable bonds is 4. The summed E-state index contributed by atoms with van der Waals surface area (Å²) < 4.78 is 1.68. The van der Waals surface area contributed by atoms with Gasteiger partial charge in [-0.05, 0) is 36.3 Å². The summed E-state index contributed by atoms with van der Waals surface area (Å²) in [6.45, 7) is 4.98. The van der Waals surface area contributed by atoms with E-state index in [1.807, 2.05) is 18.9 Å². The topological polar surface area (TPSA) is 64.2 Å². The molecule has 0 bridgehead atoms. The zero-order valence-corrected chi connectivity index (χ0v) is 10.5. The lowest BCUT2D eigenvalue weighted by atomic mass is 10.4. The summed E-state index contributed by atoms with van der Waals surface area (Å²) in [4.78, 5) is 16.4. The zero-order chi connectivity index (χ0) is 13.0. The van der Waals surface area contributed by atoms with Crippen molar-refractivity contribution in [2.45, 2.75) is 20.4 Å². The molecule has 1 heterocycles. The molecule has 0 aliphatic heterocycles. The average Bonchev–Trinajstić information content (AvgIpc) is 2.58. The van der Waals surface area contributed by atoms with Gasteiger partial charge in [-0.1, -0.05) is 12.8 Å². The van der Waals surface area contributed by atoms with Crippen LogP contribution in [0.1, 0.15) is 25.4 Å². The number of aromatic nitrogens is 2. The Balaban J connectivity index is 3.23. The van der Waals surface area contributed by atoms with Crippen LogP contribution in [0.2, 0.25) is 0 Å². The van der Waals surface area contributed by atoms with E-state index in [1.165, 1.54) is 0 Å². The van der Waals surface area contributed by atoms with Crippen LogP contribution in [0.25, 0.3) is 0 Å². The summed E-state index contributed by atoms with van der Waals surface area (Å²) in [7, 11) is 3.65. The quantitative estimate of drug-likeness (QED) is 0.447. The van der Waals surface area contributed by atoms with Gasteiger partial charge in [0.15, 0.2) is 0 Å². The first-order valence-electron chi connectivity index (χ1n) is 5.32. The Bertz CT molecular complexity index is 482. The standard InChI is InChI=1S/C11H16N4O2/c1-5-7-10-12-11(15(16)17)9(14(10)4)8-13(3)6-2/h6,8H2,1-4H3. The van der Waals surface area contributed by atoms with E-state index in [-0.39, 0.29) is 5.82 Å². The van der Waals surface area contributed by atoms with Crippen LogP contribution in [0.3, 0.4) is 0 Å². The number of nitro groups is 1. The summed E-state index contributed by atoms with van der Waals surface area (Å²) in [5.41, 5.74) is 0.581. The maximum Gasteiger partial charge on any atom is 0.387 e. The molecule has 0 atom stereocenters. The smallest absolute Gasteiger partial charge is 0.358 e. The van der Waals surface area contributed by atoms with Crippen LogP contribution >= 0.6 is 0 Å². The van der Waals surface area contributed by atoms with Gasteiger partial charge in [0.25, 0.3) is 5.82 Å². The third kappa shape index (κ3) is 2.82. The molecule has 0 fully saturated rings. The fourth-order valence-corrected chi connectivity index (χ4v) is 1.43. The molecule has 17 heavy (non-hydrogen) atoms. The van der Waals surface area contributed by atoms with Crippen LogP contribution in [-0.4, -0.2) is 33.0 Å². The number of hydrogen-bond donors (Lipinski definition) is 0. The van der Waals surface area contributed by atoms with E-state index in [4.69, 9.17) is 0 Å². The van der Waals surface area contributed by atoms with E-state index in [0.717, 1.165) is 6.54 Å². The van der Waals surface area contributed by atoms with Crippen molar-refractivity contribution in [3.63, 3.8) is 0 Å². The minimum atomic E-state index is -0.459. The molecule has 0 unspecified atom stereocenters. The molecule has 1 aromatic rings. The van der Waals surface area contributed by atoms with Crippen molar-refractivity contribution >= 4 is 5.82 Å². The third-order valence-electron chi connectivity index (χ3n) is 2.56. The molecule has 0 N–H and O–H groups in total. The maximum atomic E-state index is 10.9. The van der Waals surface area contributed by atoms with Crippen molar-refractivity contribution in [2.75, 3.05) is 13.6 Å². The van der Waals surface area contributed by atoms with Gasteiger partial charge in [0, 0.05) is 13.6 Å². The predicted octanol–water partition coefficient (Wildman–Crippen LogP) is 1.15. The highest BCUT2D eigenvalue weighted by atomic mass is 16.6. The monoisotopic (exact) mass is 236 g/mol. The third-order valence-corrected chi connectivity index (χ3v) is 2.56. The molecule has 0 saturated carbocycles. The van der Waals surface area contributed by atoms with Crippen molar-refractivity contribution < 1.29 is 4.92 Å². The predicted molar refractivity (Wildman–Crippen MR) is 64.4 cm³/mol. The second kappa shape index (κ2) is 5.46. The number of nitrogens with zero attached hydrogens (tertiary/aromatic N) is 4. The van der Waals surface area contributed by atoms with Gasteiger partial charge < -0.3 is 15.0 Å². The van der Waals surface area contributed by atoms with Gasteiger partial charge in [-0.25, -0.2) is 0 Å². The summed E-state index contributed by atoms with van der Waals surface area (Å²) in [5.74, 6) is 5.79. The minimum absolute atomic E-state index is 0.106. The van der Waals surface area contributed by atoms with Crippen LogP contribution in [-0.2, 0) is 13.6 Å². The van der Waals surface area contributed by atoms with E-state index < -0.39 is 4.92 Å². The van der Waals surface area contributed by atoms with Gasteiger partial charge in [0.1, 0.15) is 5.69 Å². The lowest BCUT2D eigenvalue weighted by molar-refractivity contribution is -0.390. The zero-order valence-electron chi connectivity index (χ0n) is 10.5. The van der Waals surface area contributed by atoms with Gasteiger partial charge in [0.2, 0.25) is 0 Å². The Morgan fingerprint density at radius 3 is 2.71 bits per heavy atom. The summed E-state index contributed by atoms with van der Waals surface area (Å²) in [5, 5.41) is 10.9. The molecule has 1 aromatic heterocycles. The highest BCUT2D eigenvalue weighted by Gasteiger charge is 2.25. The fourth-order valence-electron chi connectivity index (χ4n) is 1.43. The van der Waals surface area contributed by atoms with Crippen LogP contribution < -0.4 is 0 Å². The average molecular weight is 236 g/mol. The second-order valence-electron chi connectivity index (χ2n) is 3.73. The van der Waals surface area contributed by atoms with Crippen LogP contribution in [0.4, 0.5) is 5.82 Å². The minimum Gasteiger partial charge on any atom is -0.358 e. The van der Waals surface area contributed by atoms with Crippen molar-refractivity contribution in [2.24, 2.45) is 7.05 Å². The van der Waals surface area contributed by atoms with E-state index in [9.17, 15) is 10.1 Å². The van der Waals surface area contributed by atoms with Gasteiger partial charge in [0.05, 0.1) is 0 Å². The first-order chi connectivity index (χ1) is 8.01. The first-order valence-corrected chi connectivity index (χ1v) is 5.32. The summed E-state index contributed by atoms with van der Waals surface area (Å²) in [6.07, 6.45) is 0. The molecule has 0 amide bonds. The van der Waals surface area contributed by atoms with Crippen molar-refractivity contribution in [1.29, 1.82) is 0 Å². The Morgan fingerprint density at radius 2 is 2.24 bits per heavy atom. The van der Waals surface area contributed by atoms with Crippen molar-refractivity contribution in [3.05, 3.63) is 21.6 Å². The highest BCUT2D eigenvalue weighted by Crippen LogP contribution is 2.19. The van der Waals surface area contributed by atoms with Gasteiger partial charge >= 0.3 is 5.82 Å². The Hall–Kier alpha value is -1.87. The molecule has 0 radical (unpaired) electrons. The Kier molecular flexibility index (Phi) is 4.24. The first kappa shape index (κ1) is 13.2. The molecule has 0 aliphatic carbocycles. The number of hydrogen-bond acceptors (Lipinski definition) is 4. The molecule has 6 heteroatoms. The Morgan fingerprint density at radius 1 is 1.59 bits per heavy atom. The normalized spacial score (nSPS) is 10.2. The van der Waals surface area contributed by atoms with E-state index in [0.29, 0.717) is 18.1 Å². The largest absolute Gasteiger partial charge is 0.387 e. The molecule has 0 spiro atoms. The maximum absolute atomic E-state index is 10.9. The van der Waals surface area contributed by atoms with Crippen LogP contribution in [0.15, 0.2) is 0 Å². The lowest BCUT2D eigenvalue weighted by Crippen LogP contribution is -2.19. The summed E-state index contributed by atoms with van der Waals surface area (Å²) >= 11 is 0. The van der Waals surface area contributed by atoms with E-state index >= 15 is 0 Å². The molecule has 92 valence electrons. The summed E-state index contributed by atoms with van der Waals surface area (Å²) in [6, 6.07) is 0. The molecule has 6 nitrogen and oxygen atoms in total. The van der Waals surface area contributed by atoms with Crippen molar-refractivity contribution in [1.82, 2.24) is 14.5 Å². The Labute approximate surface area is 100 Å². The van der Waals surface area contributed by atoms with E-state index in [1.54, 1.807) is 18.5 Å².